The van der Waals surface area contributed by atoms with Gasteiger partial charge in [0.15, 0.2) is 0 Å². The van der Waals surface area contributed by atoms with Crippen LogP contribution >= 0.6 is 12.2 Å². The van der Waals surface area contributed by atoms with Gasteiger partial charge in [-0.05, 0) is 31.3 Å². The highest BCUT2D eigenvalue weighted by Crippen LogP contribution is 2.16. The van der Waals surface area contributed by atoms with Crippen LogP contribution in [0.5, 0.6) is 0 Å². The molecule has 0 aromatic carbocycles. The maximum atomic E-state index is 12.2. The first kappa shape index (κ1) is 15.6. The Balaban J connectivity index is 1.67. The Kier molecular flexibility index (Phi) is 4.68. The number of carbonyl (C=O) groups is 1. The van der Waals surface area contributed by atoms with Crippen LogP contribution in [0, 0.1) is 4.64 Å². The van der Waals surface area contributed by atoms with Gasteiger partial charge in [0, 0.05) is 32.4 Å². The van der Waals surface area contributed by atoms with E-state index in [0.717, 1.165) is 32.0 Å². The van der Waals surface area contributed by atoms with E-state index in [-0.39, 0.29) is 5.91 Å². The number of hydrogen-bond acceptors (Lipinski definition) is 5. The van der Waals surface area contributed by atoms with Gasteiger partial charge in [0.25, 0.3) is 5.91 Å². The molecule has 1 amide bonds. The minimum atomic E-state index is -0.235. The maximum Gasteiger partial charge on any atom is 0.258 e. The summed E-state index contributed by atoms with van der Waals surface area (Å²) < 4.78 is 0.423. The van der Waals surface area contributed by atoms with Crippen molar-refractivity contribution in [1.82, 2.24) is 14.9 Å². The van der Waals surface area contributed by atoms with Gasteiger partial charge in [0.1, 0.15) is 10.5 Å². The Morgan fingerprint density at radius 1 is 1.26 bits per heavy atom. The third-order valence-corrected chi connectivity index (χ3v) is 4.23. The van der Waals surface area contributed by atoms with E-state index in [9.17, 15) is 4.79 Å². The summed E-state index contributed by atoms with van der Waals surface area (Å²) in [4.78, 5) is 24.1. The van der Waals surface area contributed by atoms with E-state index in [0.29, 0.717) is 15.9 Å². The number of anilines is 2. The molecule has 1 aliphatic rings. The van der Waals surface area contributed by atoms with Gasteiger partial charge < -0.3 is 20.1 Å². The van der Waals surface area contributed by atoms with Gasteiger partial charge in [-0.25, -0.2) is 4.98 Å². The molecule has 0 spiro atoms. The van der Waals surface area contributed by atoms with Gasteiger partial charge in [-0.1, -0.05) is 12.2 Å². The number of amides is 1. The first-order valence-electron chi connectivity index (χ1n) is 7.52. The molecule has 7 heteroatoms. The number of rotatable bonds is 3. The number of nitrogens with one attached hydrogen (secondary N) is 2. The molecule has 1 saturated heterocycles. The Morgan fingerprint density at radius 2 is 2.04 bits per heavy atom. The lowest BCUT2D eigenvalue weighted by Gasteiger charge is -2.33. The molecule has 0 aliphatic carbocycles. The van der Waals surface area contributed by atoms with Gasteiger partial charge >= 0.3 is 0 Å². The monoisotopic (exact) mass is 329 g/mol. The Hall–Kier alpha value is -2.25. The van der Waals surface area contributed by atoms with Crippen molar-refractivity contribution in [3.05, 3.63) is 46.9 Å². The minimum absolute atomic E-state index is 0.235. The molecule has 6 nitrogen and oxygen atoms in total. The SMILES string of the molecule is CN1CCN(c2ccc(NC(=O)c3ccc[nH]c3=S)cn2)CC1. The Bertz CT molecular complexity index is 735. The molecular weight excluding hydrogens is 310 g/mol. The highest BCUT2D eigenvalue weighted by atomic mass is 32.1. The summed E-state index contributed by atoms with van der Waals surface area (Å²) in [6, 6.07) is 7.25. The molecule has 0 bridgehead atoms. The maximum absolute atomic E-state index is 12.2. The number of piperazine rings is 1. The normalized spacial score (nSPS) is 15.4. The van der Waals surface area contributed by atoms with Crippen molar-refractivity contribution < 1.29 is 4.79 Å². The van der Waals surface area contributed by atoms with Crippen LogP contribution in [0.25, 0.3) is 0 Å². The van der Waals surface area contributed by atoms with E-state index in [2.05, 4.69) is 32.1 Å². The van der Waals surface area contributed by atoms with Crippen LogP contribution in [0.15, 0.2) is 36.7 Å². The van der Waals surface area contributed by atoms with Gasteiger partial charge in [-0.3, -0.25) is 4.79 Å². The van der Waals surface area contributed by atoms with Crippen molar-refractivity contribution in [2.75, 3.05) is 43.4 Å². The molecule has 0 saturated carbocycles. The van der Waals surface area contributed by atoms with Crippen molar-refractivity contribution >= 4 is 29.6 Å². The molecule has 0 radical (unpaired) electrons. The van der Waals surface area contributed by atoms with Gasteiger partial charge in [0.05, 0.1) is 17.4 Å². The van der Waals surface area contributed by atoms with Crippen molar-refractivity contribution in [1.29, 1.82) is 0 Å². The molecule has 1 aliphatic heterocycles. The molecule has 120 valence electrons. The molecule has 23 heavy (non-hydrogen) atoms. The van der Waals surface area contributed by atoms with Crippen LogP contribution in [-0.4, -0.2) is 54.0 Å². The number of H-pyrrole nitrogens is 1. The van der Waals surface area contributed by atoms with E-state index < -0.39 is 0 Å². The van der Waals surface area contributed by atoms with Crippen LogP contribution < -0.4 is 10.2 Å². The molecule has 1 fully saturated rings. The Labute approximate surface area is 140 Å². The molecule has 2 aromatic heterocycles. The smallest absolute Gasteiger partial charge is 0.258 e. The van der Waals surface area contributed by atoms with Crippen LogP contribution in [0.3, 0.4) is 0 Å². The van der Waals surface area contributed by atoms with Crippen molar-refractivity contribution in [2.24, 2.45) is 0 Å². The van der Waals surface area contributed by atoms with E-state index in [1.165, 1.54) is 0 Å². The van der Waals surface area contributed by atoms with Crippen LogP contribution in [-0.2, 0) is 0 Å². The minimum Gasteiger partial charge on any atom is -0.354 e. The number of aromatic nitrogens is 2. The summed E-state index contributed by atoms with van der Waals surface area (Å²) in [6.45, 7) is 4.00. The lowest BCUT2D eigenvalue weighted by molar-refractivity contribution is 0.102. The molecule has 2 N–H and O–H groups in total. The highest BCUT2D eigenvalue weighted by Gasteiger charge is 2.15. The number of likely N-dealkylation sites (N-methyl/N-ethyl adjacent to an activating group) is 1. The van der Waals surface area contributed by atoms with E-state index in [4.69, 9.17) is 12.2 Å². The zero-order valence-electron chi connectivity index (χ0n) is 13.0. The van der Waals surface area contributed by atoms with Gasteiger partial charge in [-0.15, -0.1) is 0 Å². The lowest BCUT2D eigenvalue weighted by Crippen LogP contribution is -2.44. The zero-order valence-corrected chi connectivity index (χ0v) is 13.8. The van der Waals surface area contributed by atoms with Gasteiger partial charge in [0.2, 0.25) is 0 Å². The summed E-state index contributed by atoms with van der Waals surface area (Å²) in [7, 11) is 2.12. The second kappa shape index (κ2) is 6.89. The first-order valence-corrected chi connectivity index (χ1v) is 7.93. The molecule has 0 atom stereocenters. The highest BCUT2D eigenvalue weighted by molar-refractivity contribution is 7.71. The molecule has 2 aromatic rings. The third-order valence-electron chi connectivity index (χ3n) is 3.90. The lowest BCUT2D eigenvalue weighted by atomic mass is 10.2. The predicted octanol–water partition coefficient (Wildman–Crippen LogP) is 2.14. The number of carbonyl (C=O) groups excluding carboxylic acids is 1. The summed E-state index contributed by atoms with van der Waals surface area (Å²) in [5, 5.41) is 2.82. The average molecular weight is 329 g/mol. The number of pyridine rings is 2. The molecular formula is C16H19N5OS. The van der Waals surface area contributed by atoms with Crippen molar-refractivity contribution in [3.63, 3.8) is 0 Å². The predicted molar refractivity (Wildman–Crippen MR) is 93.5 cm³/mol. The molecule has 3 heterocycles. The summed E-state index contributed by atoms with van der Waals surface area (Å²) in [6.07, 6.45) is 3.38. The summed E-state index contributed by atoms with van der Waals surface area (Å²) in [5.41, 5.74) is 1.11. The number of hydrogen-bond donors (Lipinski definition) is 2. The molecule has 3 rings (SSSR count). The topological polar surface area (TPSA) is 64.3 Å². The molecule has 0 unspecified atom stereocenters. The standard InChI is InChI=1S/C16H19N5OS/c1-20-7-9-21(10-8-20)14-5-4-12(11-18-14)19-15(22)13-3-2-6-17-16(13)23/h2-6,11H,7-10H2,1H3,(H,17,23)(H,19,22). The summed E-state index contributed by atoms with van der Waals surface area (Å²) >= 11 is 5.12. The third kappa shape index (κ3) is 3.75. The van der Waals surface area contributed by atoms with Crippen LogP contribution in [0.1, 0.15) is 10.4 Å². The van der Waals surface area contributed by atoms with Crippen molar-refractivity contribution in [3.8, 4) is 0 Å². The van der Waals surface area contributed by atoms with E-state index >= 15 is 0 Å². The van der Waals surface area contributed by atoms with Gasteiger partial charge in [-0.2, -0.15) is 0 Å². The van der Waals surface area contributed by atoms with Crippen LogP contribution in [0.4, 0.5) is 11.5 Å². The van der Waals surface area contributed by atoms with E-state index in [1.54, 1.807) is 24.5 Å². The average Bonchev–Trinajstić information content (AvgIpc) is 2.57. The quantitative estimate of drug-likeness (QED) is 0.845. The Morgan fingerprint density at radius 3 is 2.70 bits per heavy atom. The fourth-order valence-electron chi connectivity index (χ4n) is 2.48. The van der Waals surface area contributed by atoms with Crippen molar-refractivity contribution in [2.45, 2.75) is 0 Å². The summed E-state index contributed by atoms with van der Waals surface area (Å²) in [5.74, 6) is 0.703. The van der Waals surface area contributed by atoms with E-state index in [1.807, 2.05) is 12.1 Å². The second-order valence-corrected chi connectivity index (χ2v) is 5.97. The fourth-order valence-corrected chi connectivity index (χ4v) is 2.71. The zero-order chi connectivity index (χ0) is 16.2. The fraction of sp³-hybridized carbons (Fsp3) is 0.312. The number of aromatic amines is 1. The first-order chi connectivity index (χ1) is 11.1. The largest absolute Gasteiger partial charge is 0.354 e. The second-order valence-electron chi connectivity index (χ2n) is 5.56. The number of nitrogens with zero attached hydrogens (tertiary/aromatic N) is 3. The van der Waals surface area contributed by atoms with Crippen LogP contribution in [0.2, 0.25) is 0 Å².